The summed E-state index contributed by atoms with van der Waals surface area (Å²) in [7, 11) is -2.66. The van der Waals surface area contributed by atoms with Crippen molar-refractivity contribution in [3.63, 3.8) is 0 Å². The molecular weight excluding hydrogens is 546 g/mol. The van der Waals surface area contributed by atoms with Crippen molar-refractivity contribution in [1.29, 1.82) is 0 Å². The first-order valence-corrected chi connectivity index (χ1v) is 13.3. The van der Waals surface area contributed by atoms with Gasteiger partial charge in [0.25, 0.3) is 11.8 Å². The molecule has 0 bridgehead atoms. The van der Waals surface area contributed by atoms with Crippen LogP contribution in [0, 0.1) is 0 Å². The Morgan fingerprint density at radius 1 is 0.949 bits per heavy atom. The zero-order valence-electron chi connectivity index (χ0n) is 21.0. The molecule has 0 aliphatic carbocycles. The molecule has 0 radical (unpaired) electrons. The number of anilines is 2. The predicted octanol–water partition coefficient (Wildman–Crippen LogP) is 3.09. The number of para-hydroxylation sites is 1. The van der Waals surface area contributed by atoms with Crippen molar-refractivity contribution in [2.45, 2.75) is 11.8 Å². The number of carbonyl (C=O) groups is 3. The Morgan fingerprint density at radius 2 is 1.62 bits per heavy atom. The number of hydrogen-bond acceptors (Lipinski definition) is 7. The van der Waals surface area contributed by atoms with Gasteiger partial charge in [-0.1, -0.05) is 23.7 Å². The van der Waals surface area contributed by atoms with Gasteiger partial charge in [-0.3, -0.25) is 14.4 Å². The topological polar surface area (TPSA) is 146 Å². The fourth-order valence-corrected chi connectivity index (χ4v) is 4.45. The number of halogens is 1. The lowest BCUT2D eigenvalue weighted by molar-refractivity contribution is -0.121. The monoisotopic (exact) mass is 571 g/mol. The van der Waals surface area contributed by atoms with Crippen LogP contribution in [0.1, 0.15) is 12.5 Å². The molecule has 0 saturated heterocycles. The minimum atomic E-state index is -3.93. The molecule has 0 saturated carbocycles. The Labute approximate surface area is 230 Å². The third kappa shape index (κ3) is 8.92. The zero-order chi connectivity index (χ0) is 28.4. The SMILES string of the molecule is CC(=O)Nc1ccc(S(=O)(=O)N(C)CC(=O)N/N=C\c2ccc(OCC(=O)Nc3ccccc3Cl)cc2)cc1. The molecule has 0 aliphatic heterocycles. The Balaban J connectivity index is 1.45. The Morgan fingerprint density at radius 3 is 2.26 bits per heavy atom. The molecule has 3 aromatic carbocycles. The summed E-state index contributed by atoms with van der Waals surface area (Å²) in [5.74, 6) is -0.844. The normalized spacial score (nSPS) is 11.3. The van der Waals surface area contributed by atoms with E-state index in [2.05, 4.69) is 21.2 Å². The van der Waals surface area contributed by atoms with Crippen LogP contribution in [0.25, 0.3) is 0 Å². The molecule has 0 heterocycles. The average molecular weight is 572 g/mol. The van der Waals surface area contributed by atoms with Crippen molar-refractivity contribution >= 4 is 56.9 Å². The fourth-order valence-electron chi connectivity index (χ4n) is 3.14. The molecule has 3 rings (SSSR count). The van der Waals surface area contributed by atoms with Gasteiger partial charge in [0.05, 0.1) is 28.4 Å². The van der Waals surface area contributed by atoms with Gasteiger partial charge in [-0.25, -0.2) is 13.8 Å². The van der Waals surface area contributed by atoms with E-state index in [0.717, 1.165) is 4.31 Å². The maximum Gasteiger partial charge on any atom is 0.262 e. The summed E-state index contributed by atoms with van der Waals surface area (Å²) >= 11 is 6.02. The third-order valence-corrected chi connectivity index (χ3v) is 7.20. The summed E-state index contributed by atoms with van der Waals surface area (Å²) in [6.07, 6.45) is 1.38. The number of rotatable bonds is 11. The van der Waals surface area contributed by atoms with Crippen LogP contribution >= 0.6 is 11.6 Å². The first-order chi connectivity index (χ1) is 18.5. The van der Waals surface area contributed by atoms with Crippen molar-refractivity contribution in [2.24, 2.45) is 5.10 Å². The lowest BCUT2D eigenvalue weighted by Gasteiger charge is -2.16. The molecule has 3 aromatic rings. The number of nitrogens with one attached hydrogen (secondary N) is 3. The molecule has 0 spiro atoms. The van der Waals surface area contributed by atoms with Crippen LogP contribution in [0.2, 0.25) is 5.02 Å². The van der Waals surface area contributed by atoms with Crippen molar-refractivity contribution in [3.8, 4) is 5.75 Å². The molecular formula is C26H26ClN5O6S. The quantitative estimate of drug-likeness (QED) is 0.238. The number of nitrogens with zero attached hydrogens (tertiary/aromatic N) is 2. The van der Waals surface area contributed by atoms with Gasteiger partial charge >= 0.3 is 0 Å². The molecule has 3 N–H and O–H groups in total. The highest BCUT2D eigenvalue weighted by Gasteiger charge is 2.22. The summed E-state index contributed by atoms with van der Waals surface area (Å²) in [5, 5.41) is 9.47. The van der Waals surface area contributed by atoms with E-state index in [1.165, 1.54) is 44.5 Å². The van der Waals surface area contributed by atoms with E-state index in [1.807, 2.05) is 0 Å². The van der Waals surface area contributed by atoms with Crippen molar-refractivity contribution in [2.75, 3.05) is 30.8 Å². The molecule has 0 unspecified atom stereocenters. The smallest absolute Gasteiger partial charge is 0.262 e. The van der Waals surface area contributed by atoms with Crippen LogP contribution in [0.15, 0.2) is 82.8 Å². The van der Waals surface area contributed by atoms with E-state index in [9.17, 15) is 22.8 Å². The van der Waals surface area contributed by atoms with Gasteiger partial charge in [-0.2, -0.15) is 9.41 Å². The molecule has 0 atom stereocenters. The van der Waals surface area contributed by atoms with Gasteiger partial charge < -0.3 is 15.4 Å². The molecule has 204 valence electrons. The van der Waals surface area contributed by atoms with Gasteiger partial charge in [0.2, 0.25) is 15.9 Å². The van der Waals surface area contributed by atoms with Crippen LogP contribution in [0.3, 0.4) is 0 Å². The minimum Gasteiger partial charge on any atom is -0.484 e. The van der Waals surface area contributed by atoms with E-state index in [1.54, 1.807) is 48.5 Å². The van der Waals surface area contributed by atoms with Crippen LogP contribution in [-0.2, 0) is 24.4 Å². The van der Waals surface area contributed by atoms with E-state index < -0.39 is 22.5 Å². The van der Waals surface area contributed by atoms with E-state index >= 15 is 0 Å². The summed E-state index contributed by atoms with van der Waals surface area (Å²) in [6, 6.07) is 19.0. The average Bonchev–Trinajstić information content (AvgIpc) is 2.89. The molecule has 0 aromatic heterocycles. The Kier molecular flexibility index (Phi) is 10.1. The largest absolute Gasteiger partial charge is 0.484 e. The molecule has 13 heteroatoms. The summed E-state index contributed by atoms with van der Waals surface area (Å²) < 4.78 is 31.8. The highest BCUT2D eigenvalue weighted by molar-refractivity contribution is 7.89. The van der Waals surface area contributed by atoms with Crippen molar-refractivity contribution in [3.05, 3.63) is 83.4 Å². The molecule has 11 nitrogen and oxygen atoms in total. The predicted molar refractivity (Wildman–Crippen MR) is 148 cm³/mol. The van der Waals surface area contributed by atoms with Crippen molar-refractivity contribution < 1.29 is 27.5 Å². The fraction of sp³-hybridized carbons (Fsp3) is 0.154. The van der Waals surface area contributed by atoms with E-state index in [4.69, 9.17) is 16.3 Å². The first kappa shape index (κ1) is 29.3. The van der Waals surface area contributed by atoms with Gasteiger partial charge in [0, 0.05) is 19.7 Å². The summed E-state index contributed by atoms with van der Waals surface area (Å²) in [6.45, 7) is 0.664. The molecule has 39 heavy (non-hydrogen) atoms. The van der Waals surface area contributed by atoms with Crippen LogP contribution < -0.4 is 20.8 Å². The molecule has 0 aliphatic rings. The Hall–Kier alpha value is -4.26. The Bertz CT molecular complexity index is 1460. The number of hydrogen-bond donors (Lipinski definition) is 3. The van der Waals surface area contributed by atoms with E-state index in [-0.39, 0.29) is 23.3 Å². The maximum absolute atomic E-state index is 12.7. The van der Waals surface area contributed by atoms with Gasteiger partial charge in [0.1, 0.15) is 5.75 Å². The number of likely N-dealkylation sites (N-methyl/N-ethyl adjacent to an activating group) is 1. The molecule has 0 fully saturated rings. The standard InChI is InChI=1S/C26H26ClN5O6S/c1-18(33)29-20-9-13-22(14-10-20)39(36,37)32(2)16-25(34)31-28-15-19-7-11-21(12-8-19)38-17-26(35)30-24-6-4-3-5-23(24)27/h3-15H,16-17H2,1-2H3,(H,29,33)(H,30,35)(H,31,34)/b28-15-. The lowest BCUT2D eigenvalue weighted by Crippen LogP contribution is -2.36. The zero-order valence-corrected chi connectivity index (χ0v) is 22.6. The van der Waals surface area contributed by atoms with Gasteiger partial charge in [-0.15, -0.1) is 0 Å². The number of hydrazone groups is 1. The second-order valence-corrected chi connectivity index (χ2v) is 10.6. The first-order valence-electron chi connectivity index (χ1n) is 11.5. The number of benzene rings is 3. The van der Waals surface area contributed by atoms with Crippen LogP contribution in [0.5, 0.6) is 5.75 Å². The van der Waals surface area contributed by atoms with Crippen LogP contribution in [-0.4, -0.2) is 56.9 Å². The minimum absolute atomic E-state index is 0.0287. The number of carbonyl (C=O) groups excluding carboxylic acids is 3. The number of sulfonamides is 1. The highest BCUT2D eigenvalue weighted by atomic mass is 35.5. The third-order valence-electron chi connectivity index (χ3n) is 5.05. The molecule has 3 amide bonds. The maximum atomic E-state index is 12.7. The summed E-state index contributed by atoms with van der Waals surface area (Å²) in [4.78, 5) is 35.4. The van der Waals surface area contributed by atoms with Gasteiger partial charge in [-0.05, 0) is 66.2 Å². The van der Waals surface area contributed by atoms with E-state index in [0.29, 0.717) is 27.7 Å². The highest BCUT2D eigenvalue weighted by Crippen LogP contribution is 2.20. The summed E-state index contributed by atoms with van der Waals surface area (Å²) in [5.41, 5.74) is 3.85. The van der Waals surface area contributed by atoms with Crippen molar-refractivity contribution in [1.82, 2.24) is 9.73 Å². The second-order valence-electron chi connectivity index (χ2n) is 8.15. The van der Waals surface area contributed by atoms with Crippen LogP contribution in [0.4, 0.5) is 11.4 Å². The number of amides is 3. The second kappa shape index (κ2) is 13.5. The van der Waals surface area contributed by atoms with Gasteiger partial charge in [0.15, 0.2) is 6.61 Å². The number of ether oxygens (including phenoxy) is 1. The lowest BCUT2D eigenvalue weighted by atomic mass is 10.2.